The molecule has 2 aliphatic heterocycles. The number of aromatic nitrogens is 2. The quantitative estimate of drug-likeness (QED) is 0.172. The Labute approximate surface area is 209 Å². The van der Waals surface area contributed by atoms with Crippen LogP contribution in [-0.2, 0) is 7.05 Å². The third kappa shape index (κ3) is 1.95. The Morgan fingerprint density at radius 1 is 0.639 bits per heavy atom. The normalized spacial score (nSPS) is 13.2. The summed E-state index contributed by atoms with van der Waals surface area (Å²) < 4.78 is 4.88. The lowest BCUT2D eigenvalue weighted by atomic mass is 9.41. The molecule has 5 aromatic carbocycles. The van der Waals surface area contributed by atoms with Crippen LogP contribution in [0.4, 0.5) is 0 Å². The van der Waals surface area contributed by atoms with Crippen molar-refractivity contribution in [3.63, 3.8) is 0 Å². The Kier molecular flexibility index (Phi) is 3.28. The molecule has 0 atom stereocenters. The SMILES string of the molecule is Cc1c2c3c(c4c5ccccc5n5c6ccccc6[n+](C)c5c14)-c1ccccc1B3c1ccccc1-2. The van der Waals surface area contributed by atoms with Crippen molar-refractivity contribution < 1.29 is 4.57 Å². The molecule has 166 valence electrons. The maximum atomic E-state index is 2.48. The molecule has 0 amide bonds. The Bertz CT molecular complexity index is 2130. The number of rotatable bonds is 0. The van der Waals surface area contributed by atoms with Gasteiger partial charge in [-0.3, -0.25) is 0 Å². The standard InChI is InChI=1S/C33H22BN2/c1-19-28-20-11-3-6-14-23(20)34-24-15-7-4-12-21(24)31(32(28)34)30-22-13-5-8-16-25(22)36-27-18-10-9-17-26(27)35(2)33(36)29(19)30/h3-18H,1-2H3/q+1. The van der Waals surface area contributed by atoms with Gasteiger partial charge in [-0.2, -0.15) is 4.40 Å². The van der Waals surface area contributed by atoms with Gasteiger partial charge in [-0.1, -0.05) is 95.3 Å². The van der Waals surface area contributed by atoms with Crippen molar-refractivity contribution in [1.29, 1.82) is 0 Å². The van der Waals surface area contributed by atoms with Gasteiger partial charge in [0.2, 0.25) is 6.71 Å². The van der Waals surface area contributed by atoms with E-state index < -0.39 is 0 Å². The summed E-state index contributed by atoms with van der Waals surface area (Å²) in [4.78, 5) is 0. The van der Waals surface area contributed by atoms with Crippen LogP contribution in [0.25, 0.3) is 60.6 Å². The highest BCUT2D eigenvalue weighted by Gasteiger charge is 2.44. The lowest BCUT2D eigenvalue weighted by Gasteiger charge is -2.17. The molecule has 2 aliphatic rings. The highest BCUT2D eigenvalue weighted by atomic mass is 15.1. The molecular formula is C33H22BN2+. The van der Waals surface area contributed by atoms with Gasteiger partial charge in [0.25, 0.3) is 5.65 Å². The fraction of sp³-hybridized carbons (Fsp3) is 0.0606. The molecule has 7 aromatic rings. The lowest BCUT2D eigenvalue weighted by molar-refractivity contribution is -0.617. The van der Waals surface area contributed by atoms with Crippen LogP contribution >= 0.6 is 0 Å². The number of fused-ring (bicyclic) bond motifs is 15. The molecule has 0 fully saturated rings. The monoisotopic (exact) mass is 457 g/mol. The van der Waals surface area contributed by atoms with Crippen LogP contribution in [0.5, 0.6) is 0 Å². The number of imidazole rings is 1. The van der Waals surface area contributed by atoms with Gasteiger partial charge in [0.1, 0.15) is 5.52 Å². The Hall–Kier alpha value is -4.37. The molecule has 0 aliphatic carbocycles. The molecule has 4 heterocycles. The number of benzene rings is 5. The summed E-state index contributed by atoms with van der Waals surface area (Å²) in [6.45, 7) is 2.67. The molecule has 0 saturated carbocycles. The minimum absolute atomic E-state index is 0.320. The second-order valence-electron chi connectivity index (χ2n) is 10.4. The van der Waals surface area contributed by atoms with Crippen LogP contribution in [-0.4, -0.2) is 11.1 Å². The first-order valence-electron chi connectivity index (χ1n) is 12.7. The van der Waals surface area contributed by atoms with E-state index in [1.54, 1.807) is 0 Å². The molecule has 0 spiro atoms. The van der Waals surface area contributed by atoms with E-state index in [0.717, 1.165) is 0 Å². The van der Waals surface area contributed by atoms with Crippen LogP contribution in [0.15, 0.2) is 97.1 Å². The van der Waals surface area contributed by atoms with Crippen LogP contribution in [0.3, 0.4) is 0 Å². The summed E-state index contributed by atoms with van der Waals surface area (Å²) in [7, 11) is 2.22. The van der Waals surface area contributed by atoms with E-state index in [2.05, 4.69) is 120 Å². The van der Waals surface area contributed by atoms with E-state index in [1.807, 2.05) is 0 Å². The van der Waals surface area contributed by atoms with Crippen molar-refractivity contribution in [3.05, 3.63) is 103 Å². The summed E-state index contributed by atoms with van der Waals surface area (Å²) in [6.07, 6.45) is 0. The minimum Gasteiger partial charge on any atom is -0.225 e. The third-order valence-electron chi connectivity index (χ3n) is 8.81. The van der Waals surface area contributed by atoms with Gasteiger partial charge in [0.15, 0.2) is 11.0 Å². The zero-order chi connectivity index (χ0) is 23.7. The number of aryl methyl sites for hydroxylation is 2. The van der Waals surface area contributed by atoms with E-state index in [1.165, 1.54) is 82.6 Å². The van der Waals surface area contributed by atoms with Crippen molar-refractivity contribution in [2.45, 2.75) is 6.92 Å². The molecule has 0 N–H and O–H groups in total. The molecule has 36 heavy (non-hydrogen) atoms. The lowest BCUT2D eigenvalue weighted by Crippen LogP contribution is -2.45. The number of pyridine rings is 1. The number of nitrogens with zero attached hydrogens (tertiary/aromatic N) is 2. The first-order valence-corrected chi connectivity index (χ1v) is 12.7. The number of hydrogen-bond donors (Lipinski definition) is 0. The molecule has 0 bridgehead atoms. The smallest absolute Gasteiger partial charge is 0.225 e. The summed E-state index contributed by atoms with van der Waals surface area (Å²) >= 11 is 0. The maximum absolute atomic E-state index is 2.48. The van der Waals surface area contributed by atoms with Gasteiger partial charge in [0, 0.05) is 10.8 Å². The maximum Gasteiger partial charge on any atom is 0.295 e. The summed E-state index contributed by atoms with van der Waals surface area (Å²) in [6, 6.07) is 35.9. The predicted molar refractivity (Wildman–Crippen MR) is 151 cm³/mol. The first-order chi connectivity index (χ1) is 17.8. The predicted octanol–water partition coefficient (Wildman–Crippen LogP) is 5.01. The van der Waals surface area contributed by atoms with E-state index in [4.69, 9.17) is 0 Å². The zero-order valence-corrected chi connectivity index (χ0v) is 20.2. The van der Waals surface area contributed by atoms with Crippen LogP contribution in [0.1, 0.15) is 5.56 Å². The van der Waals surface area contributed by atoms with E-state index in [9.17, 15) is 0 Å². The van der Waals surface area contributed by atoms with E-state index in [-0.39, 0.29) is 0 Å². The van der Waals surface area contributed by atoms with Crippen molar-refractivity contribution >= 4 is 61.5 Å². The fourth-order valence-electron chi connectivity index (χ4n) is 7.51. The third-order valence-corrected chi connectivity index (χ3v) is 8.81. The average Bonchev–Trinajstić information content (AvgIpc) is 3.54. The molecular weight excluding hydrogens is 435 g/mol. The summed E-state index contributed by atoms with van der Waals surface area (Å²) in [5.41, 5.74) is 16.5. The van der Waals surface area contributed by atoms with Gasteiger partial charge in [-0.25, -0.2) is 4.57 Å². The average molecular weight is 457 g/mol. The van der Waals surface area contributed by atoms with E-state index >= 15 is 0 Å². The molecule has 3 heteroatoms. The molecule has 0 unspecified atom stereocenters. The Morgan fingerprint density at radius 3 is 2.03 bits per heavy atom. The molecule has 0 radical (unpaired) electrons. The van der Waals surface area contributed by atoms with Crippen LogP contribution in [0.2, 0.25) is 0 Å². The van der Waals surface area contributed by atoms with Crippen molar-refractivity contribution in [1.82, 2.24) is 4.40 Å². The fourth-order valence-corrected chi connectivity index (χ4v) is 7.51. The first kappa shape index (κ1) is 18.9. The highest BCUT2D eigenvalue weighted by molar-refractivity contribution is 7.02. The largest absolute Gasteiger partial charge is 0.295 e. The Morgan fingerprint density at radius 2 is 1.25 bits per heavy atom. The topological polar surface area (TPSA) is 8.29 Å². The summed E-state index contributed by atoms with van der Waals surface area (Å²) in [5.74, 6) is 0. The number of para-hydroxylation sites is 3. The molecule has 0 saturated heterocycles. The molecule has 2 nitrogen and oxygen atoms in total. The zero-order valence-electron chi connectivity index (χ0n) is 20.2. The van der Waals surface area contributed by atoms with Gasteiger partial charge < -0.3 is 0 Å². The van der Waals surface area contributed by atoms with E-state index in [0.29, 0.717) is 6.71 Å². The highest BCUT2D eigenvalue weighted by Crippen LogP contribution is 2.45. The van der Waals surface area contributed by atoms with Crippen molar-refractivity contribution in [2.24, 2.45) is 7.05 Å². The molecule has 2 aromatic heterocycles. The number of hydrogen-bond acceptors (Lipinski definition) is 0. The second-order valence-corrected chi connectivity index (χ2v) is 10.4. The van der Waals surface area contributed by atoms with Gasteiger partial charge >= 0.3 is 0 Å². The summed E-state index contributed by atoms with van der Waals surface area (Å²) in [5, 5.41) is 4.09. The van der Waals surface area contributed by atoms with Crippen LogP contribution < -0.4 is 21.0 Å². The minimum atomic E-state index is 0.320. The van der Waals surface area contributed by atoms with Crippen molar-refractivity contribution in [2.75, 3.05) is 0 Å². The molecule has 9 rings (SSSR count). The second kappa shape index (κ2) is 6.25. The van der Waals surface area contributed by atoms with Crippen molar-refractivity contribution in [3.8, 4) is 22.3 Å². The van der Waals surface area contributed by atoms with Gasteiger partial charge in [-0.15, -0.1) is 0 Å². The Balaban J connectivity index is 1.67. The van der Waals surface area contributed by atoms with Gasteiger partial charge in [0.05, 0.1) is 12.4 Å². The van der Waals surface area contributed by atoms with Gasteiger partial charge in [-0.05, 0) is 52.9 Å². The van der Waals surface area contributed by atoms with Crippen LogP contribution in [0, 0.1) is 6.92 Å².